The number of fused-ring (bicyclic) bond motifs is 5. The quantitative estimate of drug-likeness (QED) is 0.0947. The highest BCUT2D eigenvalue weighted by atomic mass is 16.5. The van der Waals surface area contributed by atoms with Gasteiger partial charge in [-0.15, -0.1) is 0 Å². The average molecular weight is 672 g/mol. The van der Waals surface area contributed by atoms with E-state index in [1.165, 1.54) is 51.4 Å². The van der Waals surface area contributed by atoms with Crippen molar-refractivity contribution in [1.82, 2.24) is 5.32 Å². The van der Waals surface area contributed by atoms with E-state index in [0.717, 1.165) is 67.6 Å². The Balaban J connectivity index is 1.20. The summed E-state index contributed by atoms with van der Waals surface area (Å²) in [6, 6.07) is 0. The second-order valence-electron chi connectivity index (χ2n) is 18.6. The smallest absolute Gasteiger partial charge is 0.306 e. The van der Waals surface area contributed by atoms with Crippen LogP contribution in [0.2, 0.25) is 0 Å². The van der Waals surface area contributed by atoms with Crippen LogP contribution in [-0.4, -0.2) is 49.4 Å². The molecule has 0 spiro atoms. The van der Waals surface area contributed by atoms with Crippen LogP contribution >= 0.6 is 0 Å². The lowest BCUT2D eigenvalue weighted by atomic mass is 9.47. The Hall–Kier alpha value is -1.40. The van der Waals surface area contributed by atoms with E-state index in [1.807, 2.05) is 13.8 Å². The summed E-state index contributed by atoms with van der Waals surface area (Å²) in [5.74, 6) is 4.64. The monoisotopic (exact) mass is 672 g/mol. The number of rotatable bonds is 17. The van der Waals surface area contributed by atoms with Gasteiger partial charge in [0.1, 0.15) is 6.10 Å². The van der Waals surface area contributed by atoms with Crippen LogP contribution in [0.4, 0.5) is 0 Å². The lowest BCUT2D eigenvalue weighted by Crippen LogP contribution is -2.51. The van der Waals surface area contributed by atoms with Crippen LogP contribution in [0.5, 0.6) is 0 Å². The Morgan fingerprint density at radius 2 is 1.69 bits per heavy atom. The number of methoxy groups -OCH3 is 1. The summed E-state index contributed by atoms with van der Waals surface area (Å²) in [7, 11) is 1.69. The molecule has 48 heavy (non-hydrogen) atoms. The molecule has 3 saturated carbocycles. The Bertz CT molecular complexity index is 1110. The molecule has 3 fully saturated rings. The fourth-order valence-corrected chi connectivity index (χ4v) is 10.5. The first-order valence-electron chi connectivity index (χ1n) is 19.8. The van der Waals surface area contributed by atoms with E-state index in [-0.39, 0.29) is 47.4 Å². The molecule has 0 heterocycles. The van der Waals surface area contributed by atoms with E-state index in [0.29, 0.717) is 18.6 Å². The standard InChI is InChI=1S/C42H73NO5/c1-29(2)13-11-14-30(3)34-17-18-35-33-16-15-31-27-32(21-24-41(31,8)36(33)22-25-42(34,35)9)48-38(45)20-19-37(44)43-26-12-23-39(4,5)47-28-40(6,7)46-10/h15,29-30,32-36H,11-14,16-28H2,1-10H3,(H,43,44)/t30-,32+,33+,34-,35+,36+,41+,42-/m1/s1. The minimum Gasteiger partial charge on any atom is -0.462 e. The zero-order chi connectivity index (χ0) is 35.3. The van der Waals surface area contributed by atoms with Gasteiger partial charge in [-0.3, -0.25) is 9.59 Å². The molecule has 1 amide bonds. The van der Waals surface area contributed by atoms with Gasteiger partial charge in [-0.05, 0) is 132 Å². The number of amides is 1. The normalized spacial score (nSPS) is 32.6. The number of nitrogens with one attached hydrogen (secondary N) is 1. The van der Waals surface area contributed by atoms with E-state index in [2.05, 4.69) is 59.9 Å². The van der Waals surface area contributed by atoms with Gasteiger partial charge in [0, 0.05) is 26.5 Å². The Morgan fingerprint density at radius 1 is 0.938 bits per heavy atom. The van der Waals surface area contributed by atoms with Gasteiger partial charge in [0.25, 0.3) is 0 Å². The van der Waals surface area contributed by atoms with Crippen LogP contribution in [0, 0.1) is 46.3 Å². The maximum Gasteiger partial charge on any atom is 0.306 e. The fraction of sp³-hybridized carbons (Fsp3) is 0.905. The summed E-state index contributed by atoms with van der Waals surface area (Å²) in [5.41, 5.74) is 1.68. The van der Waals surface area contributed by atoms with Crippen molar-refractivity contribution in [2.75, 3.05) is 20.3 Å². The van der Waals surface area contributed by atoms with E-state index in [1.54, 1.807) is 12.7 Å². The second kappa shape index (κ2) is 16.3. The van der Waals surface area contributed by atoms with Crippen molar-refractivity contribution in [1.29, 1.82) is 0 Å². The SMILES string of the molecule is COC(C)(C)COC(C)(C)CCCNC(=O)CCC(=O)O[C@H]1CC[C@@]2(C)C(=CC[C@H]3[C@@H]4CC[C@H]([C@H](C)CCCC(C)C)[C@@]4(C)CC[C@@H]32)C1. The molecule has 0 bridgehead atoms. The largest absolute Gasteiger partial charge is 0.462 e. The van der Waals surface area contributed by atoms with Crippen molar-refractivity contribution in [3.05, 3.63) is 11.6 Å². The van der Waals surface area contributed by atoms with Crippen molar-refractivity contribution in [3.63, 3.8) is 0 Å². The van der Waals surface area contributed by atoms with Gasteiger partial charge < -0.3 is 19.5 Å². The molecule has 4 aliphatic carbocycles. The minimum atomic E-state index is -0.323. The maximum atomic E-state index is 12.8. The molecule has 0 aromatic heterocycles. The third-order valence-electron chi connectivity index (χ3n) is 13.8. The van der Waals surface area contributed by atoms with Crippen LogP contribution in [-0.2, 0) is 23.8 Å². The van der Waals surface area contributed by atoms with Crippen LogP contribution < -0.4 is 5.32 Å². The summed E-state index contributed by atoms with van der Waals surface area (Å²) in [6.07, 6.45) is 18.3. The first-order valence-corrected chi connectivity index (χ1v) is 19.8. The van der Waals surface area contributed by atoms with Crippen molar-refractivity contribution in [3.8, 4) is 0 Å². The number of carbonyl (C=O) groups is 2. The number of carbonyl (C=O) groups excluding carboxylic acids is 2. The number of ether oxygens (including phenoxy) is 3. The molecule has 0 unspecified atom stereocenters. The molecule has 6 heteroatoms. The highest BCUT2D eigenvalue weighted by Gasteiger charge is 2.59. The Labute approximate surface area is 294 Å². The lowest BCUT2D eigenvalue weighted by molar-refractivity contribution is -0.152. The Kier molecular flexibility index (Phi) is 13.4. The summed E-state index contributed by atoms with van der Waals surface area (Å²) >= 11 is 0. The van der Waals surface area contributed by atoms with Crippen LogP contribution in [0.25, 0.3) is 0 Å². The van der Waals surface area contributed by atoms with Crippen molar-refractivity contribution < 1.29 is 23.8 Å². The maximum absolute atomic E-state index is 12.8. The zero-order valence-corrected chi connectivity index (χ0v) is 32.7. The van der Waals surface area contributed by atoms with E-state index >= 15 is 0 Å². The van der Waals surface area contributed by atoms with Gasteiger partial charge in [-0.25, -0.2) is 0 Å². The van der Waals surface area contributed by atoms with E-state index in [4.69, 9.17) is 14.2 Å². The average Bonchev–Trinajstić information content (AvgIpc) is 3.38. The minimum absolute atomic E-state index is 0.0573. The second-order valence-corrected chi connectivity index (χ2v) is 18.6. The number of hydrogen-bond donors (Lipinski definition) is 1. The molecule has 0 aromatic carbocycles. The van der Waals surface area contributed by atoms with Gasteiger partial charge in [0.05, 0.1) is 24.2 Å². The van der Waals surface area contributed by atoms with Crippen LogP contribution in [0.15, 0.2) is 11.6 Å². The highest BCUT2D eigenvalue weighted by Crippen LogP contribution is 2.67. The van der Waals surface area contributed by atoms with Crippen molar-refractivity contribution >= 4 is 11.9 Å². The molecule has 8 atom stereocenters. The van der Waals surface area contributed by atoms with Gasteiger partial charge in [0.15, 0.2) is 0 Å². The Morgan fingerprint density at radius 3 is 2.40 bits per heavy atom. The molecular weight excluding hydrogens is 598 g/mol. The molecule has 6 nitrogen and oxygen atoms in total. The molecule has 0 aromatic rings. The van der Waals surface area contributed by atoms with Gasteiger partial charge in [-0.2, -0.15) is 0 Å². The van der Waals surface area contributed by atoms with E-state index in [9.17, 15) is 9.59 Å². The van der Waals surface area contributed by atoms with Crippen LogP contribution in [0.1, 0.15) is 159 Å². The van der Waals surface area contributed by atoms with Crippen molar-refractivity contribution in [2.45, 2.75) is 176 Å². The molecular formula is C42H73NO5. The van der Waals surface area contributed by atoms with E-state index < -0.39 is 0 Å². The van der Waals surface area contributed by atoms with Gasteiger partial charge in [-0.1, -0.05) is 65.5 Å². The topological polar surface area (TPSA) is 73.9 Å². The molecule has 0 saturated heterocycles. The summed E-state index contributed by atoms with van der Waals surface area (Å²) in [4.78, 5) is 25.3. The number of allylic oxidation sites excluding steroid dienone is 1. The molecule has 4 rings (SSSR count). The van der Waals surface area contributed by atoms with Gasteiger partial charge in [0.2, 0.25) is 5.91 Å². The number of hydrogen-bond acceptors (Lipinski definition) is 5. The first-order chi connectivity index (χ1) is 22.5. The third kappa shape index (κ3) is 9.68. The lowest BCUT2D eigenvalue weighted by Gasteiger charge is -2.58. The fourth-order valence-electron chi connectivity index (χ4n) is 10.5. The van der Waals surface area contributed by atoms with Crippen molar-refractivity contribution in [2.24, 2.45) is 46.3 Å². The predicted octanol–water partition coefficient (Wildman–Crippen LogP) is 9.84. The number of esters is 1. The molecule has 1 N–H and O–H groups in total. The summed E-state index contributed by atoms with van der Waals surface area (Å²) in [5, 5.41) is 2.97. The highest BCUT2D eigenvalue weighted by molar-refractivity contribution is 5.81. The van der Waals surface area contributed by atoms with Crippen LogP contribution in [0.3, 0.4) is 0 Å². The molecule has 0 radical (unpaired) electrons. The molecule has 0 aliphatic heterocycles. The first kappa shape index (κ1) is 39.4. The molecule has 4 aliphatic rings. The third-order valence-corrected chi connectivity index (χ3v) is 13.8. The molecule has 276 valence electrons. The summed E-state index contributed by atoms with van der Waals surface area (Å²) in [6.45, 7) is 21.7. The van der Waals surface area contributed by atoms with Gasteiger partial charge >= 0.3 is 5.97 Å². The predicted molar refractivity (Wildman–Crippen MR) is 196 cm³/mol. The summed E-state index contributed by atoms with van der Waals surface area (Å²) < 4.78 is 17.5. The zero-order valence-electron chi connectivity index (χ0n) is 32.7.